The van der Waals surface area contributed by atoms with Gasteiger partial charge < -0.3 is 14.9 Å². The third-order valence-electron chi connectivity index (χ3n) is 6.07. The van der Waals surface area contributed by atoms with Gasteiger partial charge in [-0.2, -0.15) is 5.10 Å². The predicted molar refractivity (Wildman–Crippen MR) is 105 cm³/mol. The summed E-state index contributed by atoms with van der Waals surface area (Å²) in [7, 11) is 0. The van der Waals surface area contributed by atoms with Gasteiger partial charge in [0.05, 0.1) is 11.6 Å². The zero-order valence-corrected chi connectivity index (χ0v) is 15.9. The highest BCUT2D eigenvalue weighted by molar-refractivity contribution is 5.95. The molecule has 28 heavy (non-hydrogen) atoms. The summed E-state index contributed by atoms with van der Waals surface area (Å²) in [6, 6.07) is 10.0. The van der Waals surface area contributed by atoms with Crippen LogP contribution in [0.25, 0.3) is 11.3 Å². The summed E-state index contributed by atoms with van der Waals surface area (Å²) in [5, 5.41) is 16.1. The van der Waals surface area contributed by atoms with Crippen LogP contribution in [0.15, 0.2) is 36.5 Å². The first-order valence-electron chi connectivity index (χ1n) is 9.98. The zero-order valence-electron chi connectivity index (χ0n) is 15.9. The maximum Gasteiger partial charge on any atom is 0.306 e. The van der Waals surface area contributed by atoms with E-state index in [1.54, 1.807) is 6.20 Å². The molecular weight excluding hydrogens is 356 g/mol. The first-order valence-corrected chi connectivity index (χ1v) is 9.98. The minimum atomic E-state index is -0.669. The molecule has 3 heterocycles. The number of nitrogens with one attached hydrogen (secondary N) is 1. The third-order valence-corrected chi connectivity index (χ3v) is 6.07. The van der Waals surface area contributed by atoms with Crippen LogP contribution >= 0.6 is 0 Å². The van der Waals surface area contributed by atoms with Crippen LogP contribution < -0.4 is 0 Å². The number of hydrogen-bond acceptors (Lipinski definition) is 4. The summed E-state index contributed by atoms with van der Waals surface area (Å²) in [6.45, 7) is 3.19. The molecule has 2 aliphatic heterocycles. The van der Waals surface area contributed by atoms with Crippen molar-refractivity contribution < 1.29 is 14.7 Å². The molecule has 7 heteroatoms. The number of likely N-dealkylation sites (tertiary alicyclic amines) is 2. The van der Waals surface area contributed by atoms with Crippen LogP contribution in [0.4, 0.5) is 0 Å². The number of aromatic amines is 1. The van der Waals surface area contributed by atoms with Gasteiger partial charge in [-0.05, 0) is 57.0 Å². The van der Waals surface area contributed by atoms with Gasteiger partial charge in [0.2, 0.25) is 0 Å². The molecule has 1 aromatic heterocycles. The minimum absolute atomic E-state index is 0.0735. The first kappa shape index (κ1) is 18.7. The lowest BCUT2D eigenvalue weighted by atomic mass is 9.93. The number of carboxylic acids is 1. The van der Waals surface area contributed by atoms with Gasteiger partial charge >= 0.3 is 5.97 Å². The van der Waals surface area contributed by atoms with Crippen molar-refractivity contribution in [3.63, 3.8) is 0 Å². The van der Waals surface area contributed by atoms with Gasteiger partial charge in [-0.25, -0.2) is 0 Å². The zero-order chi connectivity index (χ0) is 19.5. The number of rotatable bonds is 4. The quantitative estimate of drug-likeness (QED) is 0.848. The maximum atomic E-state index is 12.9. The number of carbonyl (C=O) groups is 2. The molecule has 2 fully saturated rings. The molecule has 2 saturated heterocycles. The van der Waals surface area contributed by atoms with Crippen molar-refractivity contribution in [2.75, 3.05) is 26.2 Å². The number of hydrogen-bond donors (Lipinski definition) is 2. The normalized spacial score (nSPS) is 19.6. The van der Waals surface area contributed by atoms with Crippen LogP contribution in [0.3, 0.4) is 0 Å². The van der Waals surface area contributed by atoms with E-state index < -0.39 is 5.97 Å². The summed E-state index contributed by atoms with van der Waals surface area (Å²) in [5.74, 6) is -0.790. The number of carbonyl (C=O) groups excluding carboxylic acids is 1. The topological polar surface area (TPSA) is 89.5 Å². The molecule has 0 spiro atoms. The monoisotopic (exact) mass is 382 g/mol. The van der Waals surface area contributed by atoms with Gasteiger partial charge in [0, 0.05) is 36.5 Å². The van der Waals surface area contributed by atoms with Crippen molar-refractivity contribution in [2.45, 2.75) is 31.7 Å². The Bertz CT molecular complexity index is 820. The van der Waals surface area contributed by atoms with Crippen molar-refractivity contribution >= 4 is 11.9 Å². The Kier molecular flexibility index (Phi) is 5.43. The Balaban J connectivity index is 1.33. The van der Waals surface area contributed by atoms with Gasteiger partial charge in [0.25, 0.3) is 5.91 Å². The summed E-state index contributed by atoms with van der Waals surface area (Å²) >= 11 is 0. The summed E-state index contributed by atoms with van der Waals surface area (Å²) < 4.78 is 0. The van der Waals surface area contributed by atoms with Crippen molar-refractivity contribution in [3.05, 3.63) is 42.1 Å². The highest BCUT2D eigenvalue weighted by atomic mass is 16.4. The molecule has 148 valence electrons. The average Bonchev–Trinajstić information content (AvgIpc) is 3.28. The summed E-state index contributed by atoms with van der Waals surface area (Å²) in [5.41, 5.74) is 2.56. The number of nitrogens with zero attached hydrogens (tertiary/aromatic N) is 3. The highest BCUT2D eigenvalue weighted by Gasteiger charge is 2.31. The fourth-order valence-electron chi connectivity index (χ4n) is 4.36. The Hall–Kier alpha value is -2.67. The van der Waals surface area contributed by atoms with Crippen molar-refractivity contribution in [2.24, 2.45) is 5.92 Å². The van der Waals surface area contributed by atoms with E-state index in [1.165, 1.54) is 0 Å². The summed E-state index contributed by atoms with van der Waals surface area (Å²) in [6.07, 6.45) is 5.06. The van der Waals surface area contributed by atoms with E-state index in [0.717, 1.165) is 63.1 Å². The van der Waals surface area contributed by atoms with E-state index in [4.69, 9.17) is 5.11 Å². The van der Waals surface area contributed by atoms with Crippen LogP contribution in [0, 0.1) is 5.92 Å². The van der Waals surface area contributed by atoms with Gasteiger partial charge in [-0.3, -0.25) is 14.7 Å². The van der Waals surface area contributed by atoms with Gasteiger partial charge in [-0.1, -0.05) is 12.1 Å². The molecule has 0 atom stereocenters. The predicted octanol–water partition coefficient (Wildman–Crippen LogP) is 2.48. The molecule has 7 nitrogen and oxygen atoms in total. The van der Waals surface area contributed by atoms with E-state index in [1.807, 2.05) is 35.2 Å². The molecule has 2 aliphatic rings. The second kappa shape index (κ2) is 8.14. The van der Waals surface area contributed by atoms with E-state index in [9.17, 15) is 9.59 Å². The first-order chi connectivity index (χ1) is 13.6. The number of piperidine rings is 2. The van der Waals surface area contributed by atoms with Crippen LogP contribution in [-0.2, 0) is 4.79 Å². The van der Waals surface area contributed by atoms with Gasteiger partial charge in [0.15, 0.2) is 0 Å². The SMILES string of the molecule is O=C(O)C1CCN(C2CCN(C(=O)c3cccc(-c4ccn[nH]4)c3)CC2)CC1. The molecule has 1 amide bonds. The molecule has 0 bridgehead atoms. The maximum absolute atomic E-state index is 12.9. The Morgan fingerprint density at radius 3 is 2.43 bits per heavy atom. The molecule has 2 N–H and O–H groups in total. The van der Waals surface area contributed by atoms with Crippen LogP contribution in [0.1, 0.15) is 36.0 Å². The number of amides is 1. The number of aliphatic carboxylic acids is 1. The van der Waals surface area contributed by atoms with Gasteiger partial charge in [0.1, 0.15) is 0 Å². The second-order valence-electron chi connectivity index (χ2n) is 7.72. The second-order valence-corrected chi connectivity index (χ2v) is 7.72. The Morgan fingerprint density at radius 1 is 1.04 bits per heavy atom. The molecule has 4 rings (SSSR count). The van der Waals surface area contributed by atoms with E-state index in [2.05, 4.69) is 15.1 Å². The lowest BCUT2D eigenvalue weighted by Crippen LogP contribution is -2.49. The largest absolute Gasteiger partial charge is 0.481 e. The molecule has 0 radical (unpaired) electrons. The lowest BCUT2D eigenvalue weighted by molar-refractivity contribution is -0.143. The Labute approximate surface area is 164 Å². The van der Waals surface area contributed by atoms with E-state index in [0.29, 0.717) is 11.6 Å². The standard InChI is InChI=1S/C21H26N4O3/c26-20(17-3-1-2-16(14-17)19-4-9-22-23-19)25-12-7-18(8-13-25)24-10-5-15(6-11-24)21(27)28/h1-4,9,14-15,18H,5-8,10-13H2,(H,22,23)(H,27,28). The van der Waals surface area contributed by atoms with Gasteiger partial charge in [-0.15, -0.1) is 0 Å². The molecule has 2 aromatic rings. The van der Waals surface area contributed by atoms with Crippen LogP contribution in [0.5, 0.6) is 0 Å². The van der Waals surface area contributed by atoms with Crippen LogP contribution in [-0.4, -0.2) is 69.2 Å². The van der Waals surface area contributed by atoms with E-state index in [-0.39, 0.29) is 11.8 Å². The van der Waals surface area contributed by atoms with Crippen molar-refractivity contribution in [1.82, 2.24) is 20.0 Å². The fourth-order valence-corrected chi connectivity index (χ4v) is 4.36. The smallest absolute Gasteiger partial charge is 0.306 e. The van der Waals surface area contributed by atoms with Crippen LogP contribution in [0.2, 0.25) is 0 Å². The minimum Gasteiger partial charge on any atom is -0.481 e. The number of aromatic nitrogens is 2. The highest BCUT2D eigenvalue weighted by Crippen LogP contribution is 2.25. The summed E-state index contributed by atoms with van der Waals surface area (Å²) in [4.78, 5) is 28.4. The van der Waals surface area contributed by atoms with Crippen molar-refractivity contribution in [3.8, 4) is 11.3 Å². The number of carboxylic acid groups (broad SMARTS) is 1. The molecule has 0 unspecified atom stereocenters. The third kappa shape index (κ3) is 3.94. The average molecular weight is 382 g/mol. The molecule has 0 aliphatic carbocycles. The van der Waals surface area contributed by atoms with E-state index >= 15 is 0 Å². The molecule has 0 saturated carbocycles. The lowest BCUT2D eigenvalue weighted by Gasteiger charge is -2.41. The fraction of sp³-hybridized carbons (Fsp3) is 0.476. The number of benzene rings is 1. The Morgan fingerprint density at radius 2 is 1.79 bits per heavy atom. The van der Waals surface area contributed by atoms with Crippen molar-refractivity contribution in [1.29, 1.82) is 0 Å². The molecular formula is C21H26N4O3. The molecule has 1 aromatic carbocycles. The number of H-pyrrole nitrogens is 1.